The summed E-state index contributed by atoms with van der Waals surface area (Å²) in [6, 6.07) is 1.21. The summed E-state index contributed by atoms with van der Waals surface area (Å²) in [4.78, 5) is 15.8. The van der Waals surface area contributed by atoms with Gasteiger partial charge in [-0.2, -0.15) is 0 Å². The van der Waals surface area contributed by atoms with E-state index in [0.29, 0.717) is 11.6 Å². The number of aryl methyl sites for hydroxylation is 1. The lowest BCUT2D eigenvalue weighted by atomic mass is 10.5. The number of hydrogen-bond donors (Lipinski definition) is 1. The van der Waals surface area contributed by atoms with Crippen molar-refractivity contribution >= 4 is 11.8 Å². The minimum atomic E-state index is -0.407. The van der Waals surface area contributed by atoms with E-state index in [1.807, 2.05) is 0 Å². The number of aromatic nitrogens is 1. The summed E-state index contributed by atoms with van der Waals surface area (Å²) >= 11 is 0. The topological polar surface area (TPSA) is 67.6 Å². The Morgan fingerprint density at radius 2 is 2.46 bits per heavy atom. The van der Waals surface area contributed by atoms with E-state index in [1.165, 1.54) is 14.2 Å². The molecular weight excluding hydrogens is 174 g/mol. The lowest BCUT2D eigenvalue weighted by Gasteiger charge is -2.12. The highest BCUT2D eigenvalue weighted by Crippen LogP contribution is 2.07. The second-order valence-corrected chi connectivity index (χ2v) is 2.43. The molecule has 0 saturated heterocycles. The number of hydroxylamine groups is 2. The van der Waals surface area contributed by atoms with Gasteiger partial charge >= 0.3 is 6.03 Å². The Balaban J connectivity index is 2.54. The summed E-state index contributed by atoms with van der Waals surface area (Å²) in [5.74, 6) is 1.00. The third kappa shape index (κ3) is 2.45. The van der Waals surface area contributed by atoms with Crippen LogP contribution in [0.4, 0.5) is 10.6 Å². The Bertz CT molecular complexity index is 297. The van der Waals surface area contributed by atoms with Crippen molar-refractivity contribution in [3.8, 4) is 0 Å². The van der Waals surface area contributed by atoms with Crippen LogP contribution in [-0.2, 0) is 4.84 Å². The summed E-state index contributed by atoms with van der Waals surface area (Å²) < 4.78 is 4.75. The van der Waals surface area contributed by atoms with Gasteiger partial charge in [0.2, 0.25) is 0 Å². The number of anilines is 1. The van der Waals surface area contributed by atoms with Crippen LogP contribution < -0.4 is 5.32 Å². The first-order valence-corrected chi connectivity index (χ1v) is 3.65. The van der Waals surface area contributed by atoms with Crippen molar-refractivity contribution in [3.63, 3.8) is 0 Å². The van der Waals surface area contributed by atoms with Gasteiger partial charge in [0.05, 0.1) is 7.11 Å². The highest BCUT2D eigenvalue weighted by Gasteiger charge is 2.09. The van der Waals surface area contributed by atoms with Gasteiger partial charge in [-0.25, -0.2) is 9.86 Å². The second kappa shape index (κ2) is 3.90. The predicted molar refractivity (Wildman–Crippen MR) is 45.0 cm³/mol. The first-order valence-electron chi connectivity index (χ1n) is 3.65. The van der Waals surface area contributed by atoms with Gasteiger partial charge in [0, 0.05) is 13.1 Å². The van der Waals surface area contributed by atoms with Crippen LogP contribution in [0.2, 0.25) is 0 Å². The van der Waals surface area contributed by atoms with E-state index in [4.69, 9.17) is 4.52 Å². The maximum absolute atomic E-state index is 11.2. The minimum absolute atomic E-state index is 0.367. The van der Waals surface area contributed by atoms with Crippen LogP contribution in [-0.4, -0.2) is 30.4 Å². The smallest absolute Gasteiger partial charge is 0.346 e. The van der Waals surface area contributed by atoms with Crippen molar-refractivity contribution in [1.82, 2.24) is 10.2 Å². The van der Waals surface area contributed by atoms with E-state index in [1.54, 1.807) is 13.0 Å². The van der Waals surface area contributed by atoms with Gasteiger partial charge in [-0.3, -0.25) is 10.2 Å². The Hall–Kier alpha value is -1.56. The summed E-state index contributed by atoms with van der Waals surface area (Å²) in [6.45, 7) is 1.74. The van der Waals surface area contributed by atoms with Crippen molar-refractivity contribution < 1.29 is 14.2 Å². The number of nitrogens with zero attached hydrogens (tertiary/aromatic N) is 2. The van der Waals surface area contributed by atoms with Gasteiger partial charge in [-0.15, -0.1) is 0 Å². The minimum Gasteiger partial charge on any atom is -0.360 e. The molecule has 1 heterocycles. The number of hydrogen-bond acceptors (Lipinski definition) is 4. The molecule has 6 heteroatoms. The number of amides is 2. The van der Waals surface area contributed by atoms with Gasteiger partial charge in [-0.05, 0) is 6.92 Å². The monoisotopic (exact) mass is 185 g/mol. The van der Waals surface area contributed by atoms with E-state index in [-0.39, 0.29) is 0 Å². The lowest BCUT2D eigenvalue weighted by molar-refractivity contribution is -0.0598. The first-order chi connectivity index (χ1) is 6.13. The van der Waals surface area contributed by atoms with Crippen molar-refractivity contribution in [2.45, 2.75) is 6.92 Å². The van der Waals surface area contributed by atoms with Crippen LogP contribution in [0, 0.1) is 6.92 Å². The molecule has 0 bridgehead atoms. The van der Waals surface area contributed by atoms with E-state index in [2.05, 4.69) is 15.3 Å². The van der Waals surface area contributed by atoms with Gasteiger partial charge < -0.3 is 4.52 Å². The van der Waals surface area contributed by atoms with Crippen molar-refractivity contribution in [1.29, 1.82) is 0 Å². The molecular formula is C7H11N3O3. The van der Waals surface area contributed by atoms with E-state index >= 15 is 0 Å². The lowest BCUT2D eigenvalue weighted by Crippen LogP contribution is -2.30. The molecule has 1 aromatic heterocycles. The third-order valence-electron chi connectivity index (χ3n) is 1.42. The molecule has 1 rings (SSSR count). The van der Waals surface area contributed by atoms with Gasteiger partial charge in [0.25, 0.3) is 0 Å². The molecule has 0 atom stereocenters. The normalized spacial score (nSPS) is 9.77. The van der Waals surface area contributed by atoms with Crippen molar-refractivity contribution in [2.24, 2.45) is 0 Å². The predicted octanol–water partition coefficient (Wildman–Crippen LogP) is 1.01. The molecule has 1 N–H and O–H groups in total. The Morgan fingerprint density at radius 3 is 2.92 bits per heavy atom. The number of carbonyl (C=O) groups is 1. The zero-order valence-corrected chi connectivity index (χ0v) is 7.70. The average molecular weight is 185 g/mol. The largest absolute Gasteiger partial charge is 0.360 e. The molecule has 0 fully saturated rings. The maximum Gasteiger partial charge on any atom is 0.346 e. The molecule has 0 aliphatic carbocycles. The molecule has 0 aromatic carbocycles. The molecule has 0 spiro atoms. The van der Waals surface area contributed by atoms with E-state index < -0.39 is 6.03 Å². The van der Waals surface area contributed by atoms with Gasteiger partial charge in [0.15, 0.2) is 5.82 Å². The van der Waals surface area contributed by atoms with E-state index in [9.17, 15) is 4.79 Å². The molecule has 0 aliphatic rings. The molecule has 6 nitrogen and oxygen atoms in total. The van der Waals surface area contributed by atoms with Crippen LogP contribution in [0.3, 0.4) is 0 Å². The van der Waals surface area contributed by atoms with Crippen LogP contribution >= 0.6 is 0 Å². The van der Waals surface area contributed by atoms with Crippen LogP contribution in [0.1, 0.15) is 5.76 Å². The van der Waals surface area contributed by atoms with Gasteiger partial charge in [-0.1, -0.05) is 5.16 Å². The average Bonchev–Trinajstić information content (AvgIpc) is 2.49. The SMILES string of the molecule is CON(C)C(=O)Nc1cc(C)on1. The molecule has 1 aromatic rings. The standard InChI is InChI=1S/C7H11N3O3/c1-5-4-6(9-13-5)8-7(11)10(2)12-3/h4H,1-3H3,(H,8,9,11). The molecule has 72 valence electrons. The Morgan fingerprint density at radius 1 is 1.77 bits per heavy atom. The van der Waals surface area contributed by atoms with Crippen LogP contribution in [0.25, 0.3) is 0 Å². The Kier molecular flexibility index (Phi) is 2.86. The molecule has 0 radical (unpaired) electrons. The van der Waals surface area contributed by atoms with Gasteiger partial charge in [0.1, 0.15) is 5.76 Å². The molecule has 13 heavy (non-hydrogen) atoms. The number of urea groups is 1. The summed E-state index contributed by atoms with van der Waals surface area (Å²) in [5, 5.41) is 7.10. The first kappa shape index (κ1) is 9.53. The fourth-order valence-corrected chi connectivity index (χ4v) is 0.697. The molecule has 2 amide bonds. The maximum atomic E-state index is 11.2. The highest BCUT2D eigenvalue weighted by atomic mass is 16.7. The third-order valence-corrected chi connectivity index (χ3v) is 1.42. The number of carbonyl (C=O) groups excluding carboxylic acids is 1. The van der Waals surface area contributed by atoms with Crippen LogP contribution in [0.15, 0.2) is 10.6 Å². The summed E-state index contributed by atoms with van der Waals surface area (Å²) in [5.41, 5.74) is 0. The molecule has 0 saturated carbocycles. The quantitative estimate of drug-likeness (QED) is 0.698. The number of rotatable bonds is 2. The fraction of sp³-hybridized carbons (Fsp3) is 0.429. The highest BCUT2D eigenvalue weighted by molar-refractivity contribution is 5.87. The Labute approximate surface area is 75.4 Å². The summed E-state index contributed by atoms with van der Waals surface area (Å²) in [7, 11) is 2.88. The molecule has 0 aliphatic heterocycles. The fourth-order valence-electron chi connectivity index (χ4n) is 0.697. The number of nitrogens with one attached hydrogen (secondary N) is 1. The van der Waals surface area contributed by atoms with Crippen molar-refractivity contribution in [3.05, 3.63) is 11.8 Å². The van der Waals surface area contributed by atoms with E-state index in [0.717, 1.165) is 5.06 Å². The zero-order valence-electron chi connectivity index (χ0n) is 7.70. The van der Waals surface area contributed by atoms with Crippen LogP contribution in [0.5, 0.6) is 0 Å². The second-order valence-electron chi connectivity index (χ2n) is 2.43. The van der Waals surface area contributed by atoms with Crippen molar-refractivity contribution in [2.75, 3.05) is 19.5 Å². The zero-order chi connectivity index (χ0) is 9.84. The summed E-state index contributed by atoms with van der Waals surface area (Å²) in [6.07, 6.45) is 0. The molecule has 0 unspecified atom stereocenters.